The van der Waals surface area contributed by atoms with Crippen molar-refractivity contribution in [2.45, 2.75) is 27.2 Å². The summed E-state index contributed by atoms with van der Waals surface area (Å²) in [6.45, 7) is 5.79. The molecule has 1 nitrogen and oxygen atoms in total. The standard InChI is InChI=1S/C13H14O/c1-4-5-6-13(14)12-8-7-10(2)11(3)9-12/h7-9H,6H2,1-3H3. The average Bonchev–Trinajstić information content (AvgIpc) is 2.18. The molecule has 1 aromatic carbocycles. The summed E-state index contributed by atoms with van der Waals surface area (Å²) in [6.07, 6.45) is 0.318. The molecule has 0 aromatic heterocycles. The quantitative estimate of drug-likeness (QED) is 0.512. The highest BCUT2D eigenvalue weighted by molar-refractivity contribution is 5.97. The Morgan fingerprint density at radius 3 is 2.57 bits per heavy atom. The molecule has 0 aliphatic heterocycles. The number of ketones is 1. The van der Waals surface area contributed by atoms with Crippen LogP contribution in [-0.4, -0.2) is 5.78 Å². The summed E-state index contributed by atoms with van der Waals surface area (Å²) in [7, 11) is 0. The predicted octanol–water partition coefficient (Wildman–Crippen LogP) is 2.90. The van der Waals surface area contributed by atoms with Crippen molar-refractivity contribution in [3.8, 4) is 11.8 Å². The molecule has 0 bridgehead atoms. The Balaban J connectivity index is 2.89. The van der Waals surface area contributed by atoms with E-state index in [1.165, 1.54) is 5.56 Å². The third kappa shape index (κ3) is 2.47. The van der Waals surface area contributed by atoms with Gasteiger partial charge in [-0.2, -0.15) is 0 Å². The Morgan fingerprint density at radius 2 is 2.00 bits per heavy atom. The molecule has 0 radical (unpaired) electrons. The molecular formula is C13H14O. The first-order valence-electron chi connectivity index (χ1n) is 4.65. The number of aryl methyl sites for hydroxylation is 2. The van der Waals surface area contributed by atoms with E-state index in [9.17, 15) is 4.79 Å². The molecule has 0 fully saturated rings. The molecule has 14 heavy (non-hydrogen) atoms. The smallest absolute Gasteiger partial charge is 0.174 e. The number of carbonyl (C=O) groups excluding carboxylic acids is 1. The van der Waals surface area contributed by atoms with Crippen molar-refractivity contribution < 1.29 is 4.79 Å². The third-order valence-electron chi connectivity index (χ3n) is 2.25. The third-order valence-corrected chi connectivity index (χ3v) is 2.25. The van der Waals surface area contributed by atoms with E-state index in [1.54, 1.807) is 6.92 Å². The molecule has 0 atom stereocenters. The molecule has 0 saturated carbocycles. The van der Waals surface area contributed by atoms with E-state index in [1.807, 2.05) is 32.0 Å². The van der Waals surface area contributed by atoms with Crippen LogP contribution in [0.15, 0.2) is 18.2 Å². The van der Waals surface area contributed by atoms with Gasteiger partial charge in [-0.3, -0.25) is 4.79 Å². The van der Waals surface area contributed by atoms with E-state index in [-0.39, 0.29) is 5.78 Å². The van der Waals surface area contributed by atoms with Crippen LogP contribution in [0.1, 0.15) is 34.8 Å². The van der Waals surface area contributed by atoms with Crippen LogP contribution in [0, 0.1) is 25.7 Å². The Morgan fingerprint density at radius 1 is 1.29 bits per heavy atom. The number of carbonyl (C=O) groups is 1. The minimum absolute atomic E-state index is 0.0995. The van der Waals surface area contributed by atoms with Gasteiger partial charge < -0.3 is 0 Å². The van der Waals surface area contributed by atoms with Gasteiger partial charge in [0.15, 0.2) is 5.78 Å². The molecule has 72 valence electrons. The molecule has 0 spiro atoms. The van der Waals surface area contributed by atoms with Gasteiger partial charge in [0.25, 0.3) is 0 Å². The highest BCUT2D eigenvalue weighted by Crippen LogP contribution is 2.11. The molecule has 0 amide bonds. The van der Waals surface area contributed by atoms with E-state index in [2.05, 4.69) is 11.8 Å². The summed E-state index contributed by atoms with van der Waals surface area (Å²) in [5.41, 5.74) is 3.12. The van der Waals surface area contributed by atoms with Crippen molar-refractivity contribution in [3.05, 3.63) is 34.9 Å². The van der Waals surface area contributed by atoms with E-state index in [0.29, 0.717) is 6.42 Å². The highest BCUT2D eigenvalue weighted by Gasteiger charge is 2.04. The highest BCUT2D eigenvalue weighted by atomic mass is 16.1. The van der Waals surface area contributed by atoms with Gasteiger partial charge in [0.2, 0.25) is 0 Å². The van der Waals surface area contributed by atoms with Crippen LogP contribution < -0.4 is 0 Å². The van der Waals surface area contributed by atoms with Gasteiger partial charge in [-0.25, -0.2) is 0 Å². The van der Waals surface area contributed by atoms with Crippen molar-refractivity contribution in [1.29, 1.82) is 0 Å². The zero-order chi connectivity index (χ0) is 10.6. The van der Waals surface area contributed by atoms with Crippen molar-refractivity contribution >= 4 is 5.78 Å². The summed E-state index contributed by atoms with van der Waals surface area (Å²) in [6, 6.07) is 5.76. The van der Waals surface area contributed by atoms with Crippen molar-refractivity contribution in [1.82, 2.24) is 0 Å². The fourth-order valence-electron chi connectivity index (χ4n) is 1.19. The van der Waals surface area contributed by atoms with Crippen LogP contribution in [-0.2, 0) is 0 Å². The minimum Gasteiger partial charge on any atom is -0.293 e. The van der Waals surface area contributed by atoms with Gasteiger partial charge >= 0.3 is 0 Å². The summed E-state index contributed by atoms with van der Waals surface area (Å²) in [4.78, 5) is 11.6. The monoisotopic (exact) mass is 186 g/mol. The maximum atomic E-state index is 11.6. The summed E-state index contributed by atoms with van der Waals surface area (Å²) < 4.78 is 0. The van der Waals surface area contributed by atoms with Crippen LogP contribution in [0.25, 0.3) is 0 Å². The molecule has 1 aromatic rings. The number of benzene rings is 1. The van der Waals surface area contributed by atoms with Crippen LogP contribution >= 0.6 is 0 Å². The van der Waals surface area contributed by atoms with Gasteiger partial charge in [-0.1, -0.05) is 18.1 Å². The molecule has 0 N–H and O–H groups in total. The summed E-state index contributed by atoms with van der Waals surface area (Å²) >= 11 is 0. The second-order valence-corrected chi connectivity index (χ2v) is 3.33. The zero-order valence-corrected chi connectivity index (χ0v) is 8.85. The first-order chi connectivity index (χ1) is 6.65. The van der Waals surface area contributed by atoms with Crippen LogP contribution in [0.2, 0.25) is 0 Å². The van der Waals surface area contributed by atoms with Crippen LogP contribution in [0.5, 0.6) is 0 Å². The normalized spacial score (nSPS) is 9.07. The van der Waals surface area contributed by atoms with E-state index < -0.39 is 0 Å². The Kier molecular flexibility index (Phi) is 3.48. The lowest BCUT2D eigenvalue weighted by Crippen LogP contribution is -1.98. The molecule has 0 aliphatic carbocycles. The molecule has 1 rings (SSSR count). The maximum Gasteiger partial charge on any atom is 0.174 e. The van der Waals surface area contributed by atoms with E-state index in [0.717, 1.165) is 11.1 Å². The predicted molar refractivity (Wildman–Crippen MR) is 58.3 cm³/mol. The molecular weight excluding hydrogens is 172 g/mol. The maximum absolute atomic E-state index is 11.6. The van der Waals surface area contributed by atoms with Crippen LogP contribution in [0.3, 0.4) is 0 Å². The Bertz CT molecular complexity index is 405. The largest absolute Gasteiger partial charge is 0.293 e. The second kappa shape index (κ2) is 4.62. The second-order valence-electron chi connectivity index (χ2n) is 3.33. The van der Waals surface area contributed by atoms with Crippen molar-refractivity contribution in [3.63, 3.8) is 0 Å². The average molecular weight is 186 g/mol. The zero-order valence-electron chi connectivity index (χ0n) is 8.85. The molecule has 1 heteroatoms. The first kappa shape index (κ1) is 10.5. The number of hydrogen-bond acceptors (Lipinski definition) is 1. The van der Waals surface area contributed by atoms with Gasteiger partial charge in [0, 0.05) is 5.56 Å². The van der Waals surface area contributed by atoms with Gasteiger partial charge in [0.05, 0.1) is 6.42 Å². The lowest BCUT2D eigenvalue weighted by atomic mass is 10.0. The fourth-order valence-corrected chi connectivity index (χ4v) is 1.19. The summed E-state index contributed by atoms with van der Waals surface area (Å²) in [5.74, 6) is 5.60. The molecule has 0 unspecified atom stereocenters. The number of Topliss-reactive ketones (excluding diaryl/α,β-unsaturated/α-hetero) is 1. The lowest BCUT2D eigenvalue weighted by Gasteiger charge is -2.02. The van der Waals surface area contributed by atoms with Gasteiger partial charge in [-0.05, 0) is 38.0 Å². The van der Waals surface area contributed by atoms with E-state index in [4.69, 9.17) is 0 Å². The SMILES string of the molecule is CC#CCC(=O)c1ccc(C)c(C)c1. The topological polar surface area (TPSA) is 17.1 Å². The molecule has 0 heterocycles. The lowest BCUT2D eigenvalue weighted by molar-refractivity contribution is 0.0998. The van der Waals surface area contributed by atoms with Crippen LogP contribution in [0.4, 0.5) is 0 Å². The fraction of sp³-hybridized carbons (Fsp3) is 0.308. The van der Waals surface area contributed by atoms with Gasteiger partial charge in [0.1, 0.15) is 0 Å². The number of hydrogen-bond donors (Lipinski definition) is 0. The number of rotatable bonds is 2. The summed E-state index contributed by atoms with van der Waals surface area (Å²) in [5, 5.41) is 0. The van der Waals surface area contributed by atoms with Crippen molar-refractivity contribution in [2.75, 3.05) is 0 Å². The Labute approximate surface area is 85.1 Å². The Hall–Kier alpha value is -1.55. The molecule has 0 saturated heterocycles. The van der Waals surface area contributed by atoms with Gasteiger partial charge in [-0.15, -0.1) is 5.92 Å². The van der Waals surface area contributed by atoms with Crippen molar-refractivity contribution in [2.24, 2.45) is 0 Å². The first-order valence-corrected chi connectivity index (χ1v) is 4.65. The molecule has 0 aliphatic rings. The minimum atomic E-state index is 0.0995. The van der Waals surface area contributed by atoms with E-state index >= 15 is 0 Å².